The first-order chi connectivity index (χ1) is 10.8. The molecule has 0 saturated heterocycles. The van der Waals surface area contributed by atoms with Crippen molar-refractivity contribution >= 4 is 23.4 Å². The predicted octanol–water partition coefficient (Wildman–Crippen LogP) is 2.67. The van der Waals surface area contributed by atoms with Crippen molar-refractivity contribution in [1.82, 2.24) is 9.97 Å². The van der Waals surface area contributed by atoms with Crippen LogP contribution in [0.4, 0.5) is 5.82 Å². The van der Waals surface area contributed by atoms with E-state index in [4.69, 9.17) is 26.8 Å². The molecule has 23 heavy (non-hydrogen) atoms. The Morgan fingerprint density at radius 3 is 2.65 bits per heavy atom. The number of ether oxygens (including phenoxy) is 3. The molecule has 1 aromatic carbocycles. The summed E-state index contributed by atoms with van der Waals surface area (Å²) in [5.41, 5.74) is 6.28. The van der Waals surface area contributed by atoms with E-state index < -0.39 is 11.8 Å². The molecule has 0 atom stereocenters. The maximum atomic E-state index is 11.7. The zero-order chi connectivity index (χ0) is 16.8. The van der Waals surface area contributed by atoms with Crippen LogP contribution in [0.2, 0.25) is 5.02 Å². The van der Waals surface area contributed by atoms with Gasteiger partial charge in [-0.05, 0) is 18.2 Å². The molecule has 0 amide bonds. The number of hydrogen-bond donors (Lipinski definition) is 1. The summed E-state index contributed by atoms with van der Waals surface area (Å²) in [5.74, 6) is -0.0123. The van der Waals surface area contributed by atoms with Crippen molar-refractivity contribution in [3.63, 3.8) is 0 Å². The number of benzene rings is 1. The van der Waals surface area contributed by atoms with Gasteiger partial charge >= 0.3 is 5.97 Å². The van der Waals surface area contributed by atoms with E-state index in [1.54, 1.807) is 32.0 Å². The Balaban J connectivity index is 2.07. The maximum absolute atomic E-state index is 11.7. The van der Waals surface area contributed by atoms with Gasteiger partial charge in [0.1, 0.15) is 10.8 Å². The Morgan fingerprint density at radius 1 is 1.26 bits per heavy atom. The molecule has 2 N–H and O–H groups in total. The lowest BCUT2D eigenvalue weighted by atomic mass is 10.2. The summed E-state index contributed by atoms with van der Waals surface area (Å²) in [6.45, 7) is 3.61. The molecule has 1 aliphatic heterocycles. The molecule has 1 aromatic heterocycles. The fourth-order valence-corrected chi connectivity index (χ4v) is 2.35. The second-order valence-electron chi connectivity index (χ2n) is 5.35. The normalized spacial score (nSPS) is 14.6. The second kappa shape index (κ2) is 5.27. The van der Waals surface area contributed by atoms with Crippen LogP contribution in [-0.4, -0.2) is 28.8 Å². The number of fused-ring (bicyclic) bond motifs is 1. The summed E-state index contributed by atoms with van der Waals surface area (Å²) in [6, 6.07) is 5.20. The Morgan fingerprint density at radius 2 is 1.96 bits per heavy atom. The zero-order valence-electron chi connectivity index (χ0n) is 12.7. The smallest absolute Gasteiger partial charge is 0.358 e. The van der Waals surface area contributed by atoms with Gasteiger partial charge < -0.3 is 19.9 Å². The minimum Gasteiger partial charge on any atom is -0.464 e. The van der Waals surface area contributed by atoms with Crippen molar-refractivity contribution in [2.45, 2.75) is 19.6 Å². The molecule has 2 heterocycles. The van der Waals surface area contributed by atoms with Gasteiger partial charge in [-0.1, -0.05) is 11.6 Å². The van der Waals surface area contributed by atoms with Gasteiger partial charge in [0.05, 0.1) is 7.11 Å². The molecular formula is C15H14ClN3O4. The summed E-state index contributed by atoms with van der Waals surface area (Å²) in [4.78, 5) is 20.0. The first kappa shape index (κ1) is 15.4. The first-order valence-corrected chi connectivity index (χ1v) is 7.12. The molecule has 0 fully saturated rings. The van der Waals surface area contributed by atoms with E-state index in [0.717, 1.165) is 0 Å². The number of rotatable bonds is 2. The molecule has 0 aliphatic carbocycles. The van der Waals surface area contributed by atoms with Crippen LogP contribution in [0.5, 0.6) is 11.5 Å². The van der Waals surface area contributed by atoms with Crippen molar-refractivity contribution in [2.75, 3.05) is 12.8 Å². The maximum Gasteiger partial charge on any atom is 0.358 e. The summed E-state index contributed by atoms with van der Waals surface area (Å²) >= 11 is 5.96. The molecular weight excluding hydrogens is 322 g/mol. The van der Waals surface area contributed by atoms with Crippen LogP contribution in [-0.2, 0) is 4.74 Å². The molecule has 0 unspecified atom stereocenters. The van der Waals surface area contributed by atoms with Gasteiger partial charge in [0, 0.05) is 19.4 Å². The number of hydrogen-bond acceptors (Lipinski definition) is 7. The topological polar surface area (TPSA) is 96.6 Å². The monoisotopic (exact) mass is 335 g/mol. The van der Waals surface area contributed by atoms with Crippen LogP contribution in [0.1, 0.15) is 24.3 Å². The van der Waals surface area contributed by atoms with Gasteiger partial charge in [-0.15, -0.1) is 0 Å². The van der Waals surface area contributed by atoms with Crippen molar-refractivity contribution in [2.24, 2.45) is 0 Å². The SMILES string of the molecule is COC(=O)c1nc(-c2ccc3c(c2)OC(C)(C)O3)nc(N)c1Cl. The van der Waals surface area contributed by atoms with Crippen molar-refractivity contribution in [3.8, 4) is 22.9 Å². The Kier molecular flexibility index (Phi) is 3.52. The number of nitrogen functional groups attached to an aromatic ring is 1. The highest BCUT2D eigenvalue weighted by atomic mass is 35.5. The van der Waals surface area contributed by atoms with Crippen molar-refractivity contribution < 1.29 is 19.0 Å². The van der Waals surface area contributed by atoms with Crippen molar-refractivity contribution in [1.29, 1.82) is 0 Å². The number of carbonyl (C=O) groups excluding carboxylic acids is 1. The Bertz CT molecular complexity index is 808. The van der Waals surface area contributed by atoms with E-state index in [1.807, 2.05) is 0 Å². The van der Waals surface area contributed by atoms with Gasteiger partial charge in [-0.2, -0.15) is 0 Å². The van der Waals surface area contributed by atoms with Crippen LogP contribution in [0.3, 0.4) is 0 Å². The summed E-state index contributed by atoms with van der Waals surface area (Å²) in [7, 11) is 1.24. The number of nitrogens with two attached hydrogens (primary N) is 1. The minimum atomic E-state index is -0.738. The van der Waals surface area contributed by atoms with Crippen LogP contribution >= 0.6 is 11.6 Å². The lowest BCUT2D eigenvalue weighted by Gasteiger charge is -2.16. The molecule has 120 valence electrons. The average molecular weight is 336 g/mol. The fourth-order valence-electron chi connectivity index (χ4n) is 2.19. The molecule has 0 spiro atoms. The highest BCUT2D eigenvalue weighted by Crippen LogP contribution is 2.41. The average Bonchev–Trinajstić information content (AvgIpc) is 2.81. The summed E-state index contributed by atoms with van der Waals surface area (Å²) in [6.07, 6.45) is 0. The molecule has 3 rings (SSSR count). The van der Waals surface area contributed by atoms with Gasteiger partial charge in [0.2, 0.25) is 5.79 Å². The first-order valence-electron chi connectivity index (χ1n) is 6.74. The molecule has 8 heteroatoms. The van der Waals surface area contributed by atoms with E-state index in [-0.39, 0.29) is 22.4 Å². The number of aromatic nitrogens is 2. The standard InChI is InChI=1S/C15H14ClN3O4/c1-15(2)22-8-5-4-7(6-9(8)23-15)13-18-11(14(20)21-3)10(16)12(17)19-13/h4-6H,1-3H3,(H2,17,18,19). The van der Waals surface area contributed by atoms with Crippen LogP contribution in [0.15, 0.2) is 18.2 Å². The quantitative estimate of drug-likeness (QED) is 0.842. The molecule has 0 saturated carbocycles. The molecule has 2 aromatic rings. The van der Waals surface area contributed by atoms with Gasteiger partial charge in [-0.25, -0.2) is 14.8 Å². The zero-order valence-corrected chi connectivity index (χ0v) is 13.5. The molecule has 1 aliphatic rings. The lowest BCUT2D eigenvalue weighted by molar-refractivity contribution is -0.0431. The highest BCUT2D eigenvalue weighted by molar-refractivity contribution is 6.35. The van der Waals surface area contributed by atoms with Gasteiger partial charge in [-0.3, -0.25) is 0 Å². The number of halogens is 1. The van der Waals surface area contributed by atoms with E-state index in [9.17, 15) is 4.79 Å². The van der Waals surface area contributed by atoms with E-state index in [0.29, 0.717) is 17.1 Å². The second-order valence-corrected chi connectivity index (χ2v) is 5.73. The van der Waals surface area contributed by atoms with Gasteiger partial charge in [0.25, 0.3) is 0 Å². The third-order valence-corrected chi connectivity index (χ3v) is 3.54. The number of nitrogens with zero attached hydrogens (tertiary/aromatic N) is 2. The predicted molar refractivity (Wildman–Crippen MR) is 83.6 cm³/mol. The van der Waals surface area contributed by atoms with Gasteiger partial charge in [0.15, 0.2) is 23.0 Å². The Labute approximate surface area is 137 Å². The third kappa shape index (κ3) is 2.75. The molecule has 7 nitrogen and oxygen atoms in total. The van der Waals surface area contributed by atoms with E-state index in [2.05, 4.69) is 14.7 Å². The lowest BCUT2D eigenvalue weighted by Crippen LogP contribution is -2.29. The number of carbonyl (C=O) groups is 1. The largest absolute Gasteiger partial charge is 0.464 e. The number of methoxy groups -OCH3 is 1. The molecule has 0 radical (unpaired) electrons. The highest BCUT2D eigenvalue weighted by Gasteiger charge is 2.32. The van der Waals surface area contributed by atoms with Crippen LogP contribution in [0.25, 0.3) is 11.4 Å². The van der Waals surface area contributed by atoms with Crippen LogP contribution < -0.4 is 15.2 Å². The third-order valence-electron chi connectivity index (χ3n) is 3.17. The molecule has 0 bridgehead atoms. The number of esters is 1. The fraction of sp³-hybridized carbons (Fsp3) is 0.267. The summed E-state index contributed by atoms with van der Waals surface area (Å²) < 4.78 is 16.0. The summed E-state index contributed by atoms with van der Waals surface area (Å²) in [5, 5.41) is -0.0394. The van der Waals surface area contributed by atoms with E-state index in [1.165, 1.54) is 7.11 Å². The van der Waals surface area contributed by atoms with E-state index >= 15 is 0 Å². The van der Waals surface area contributed by atoms with Crippen LogP contribution in [0, 0.1) is 0 Å². The van der Waals surface area contributed by atoms with Crippen molar-refractivity contribution in [3.05, 3.63) is 28.9 Å². The number of anilines is 1. The minimum absolute atomic E-state index is 0.00457. The Hall–Kier alpha value is -2.54.